The summed E-state index contributed by atoms with van der Waals surface area (Å²) in [4.78, 5) is 14.4. The van der Waals surface area contributed by atoms with Crippen molar-refractivity contribution in [2.75, 3.05) is 19.7 Å². The predicted molar refractivity (Wildman–Crippen MR) is 110 cm³/mol. The Balaban J connectivity index is 2.30. The van der Waals surface area contributed by atoms with Crippen LogP contribution in [0, 0.1) is 5.92 Å². The number of esters is 1. The fourth-order valence-electron chi connectivity index (χ4n) is 3.71. The van der Waals surface area contributed by atoms with Crippen molar-refractivity contribution in [3.05, 3.63) is 28.8 Å². The van der Waals surface area contributed by atoms with Crippen LogP contribution >= 0.6 is 0 Å². The second kappa shape index (κ2) is 8.22. The van der Waals surface area contributed by atoms with E-state index in [9.17, 15) is 9.90 Å². The largest absolute Gasteiger partial charge is 0.507 e. The topological polar surface area (TPSA) is 49.8 Å². The third-order valence-corrected chi connectivity index (χ3v) is 5.38. The number of carbonyl (C=O) groups is 1. The zero-order valence-corrected chi connectivity index (χ0v) is 18.2. The molecule has 0 bridgehead atoms. The average molecular weight is 376 g/mol. The van der Waals surface area contributed by atoms with Crippen LogP contribution in [0.2, 0.25) is 0 Å². The van der Waals surface area contributed by atoms with Crippen molar-refractivity contribution in [3.63, 3.8) is 0 Å². The van der Waals surface area contributed by atoms with Crippen LogP contribution in [0.5, 0.6) is 5.75 Å². The Kier molecular flexibility index (Phi) is 6.62. The van der Waals surface area contributed by atoms with Gasteiger partial charge in [-0.3, -0.25) is 9.69 Å². The summed E-state index contributed by atoms with van der Waals surface area (Å²) < 4.78 is 5.22. The number of likely N-dealkylation sites (tertiary alicyclic amines) is 1. The monoisotopic (exact) mass is 375 g/mol. The molecule has 0 aromatic heterocycles. The molecule has 0 radical (unpaired) electrons. The van der Waals surface area contributed by atoms with E-state index in [2.05, 4.69) is 58.6 Å². The number of hydrogen-bond donors (Lipinski definition) is 1. The lowest BCUT2D eigenvalue weighted by Gasteiger charge is -2.33. The Morgan fingerprint density at radius 2 is 1.85 bits per heavy atom. The summed E-state index contributed by atoms with van der Waals surface area (Å²) in [6.07, 6.45) is 1.87. The minimum atomic E-state index is -0.130. The van der Waals surface area contributed by atoms with Crippen LogP contribution in [0.4, 0.5) is 0 Å². The molecule has 4 nitrogen and oxygen atoms in total. The van der Waals surface area contributed by atoms with Crippen molar-refractivity contribution in [2.24, 2.45) is 5.92 Å². The van der Waals surface area contributed by atoms with Gasteiger partial charge in [-0.05, 0) is 48.3 Å². The van der Waals surface area contributed by atoms with Gasteiger partial charge in [-0.25, -0.2) is 0 Å². The second-order valence-corrected chi connectivity index (χ2v) is 9.86. The van der Waals surface area contributed by atoms with Crippen LogP contribution < -0.4 is 0 Å². The number of aromatic hydroxyl groups is 1. The van der Waals surface area contributed by atoms with Crippen molar-refractivity contribution < 1.29 is 14.6 Å². The number of ether oxygens (including phenoxy) is 1. The lowest BCUT2D eigenvalue weighted by molar-refractivity contribution is -0.150. The standard InChI is InChI=1S/C23H37NO3/c1-8-27-21(26)16-10-9-11-24(14-16)15-17-12-18(22(2,3)4)13-19(20(17)25)23(5,6)7/h12-13,16,25H,8-11,14-15H2,1-7H3/t16-/m1/s1. The maximum absolute atomic E-state index is 12.1. The summed E-state index contributed by atoms with van der Waals surface area (Å²) in [6.45, 7) is 17.6. The maximum atomic E-state index is 12.1. The number of benzene rings is 1. The van der Waals surface area contributed by atoms with Gasteiger partial charge in [-0.1, -0.05) is 53.7 Å². The number of carbonyl (C=O) groups excluding carboxylic acids is 1. The van der Waals surface area contributed by atoms with E-state index >= 15 is 0 Å². The molecule has 1 N–H and O–H groups in total. The molecule has 152 valence electrons. The quantitative estimate of drug-likeness (QED) is 0.771. The van der Waals surface area contributed by atoms with Gasteiger partial charge >= 0.3 is 5.97 Å². The van der Waals surface area contributed by atoms with Crippen LogP contribution in [-0.4, -0.2) is 35.7 Å². The molecular weight excluding hydrogens is 338 g/mol. The molecular formula is C23H37NO3. The normalized spacial score (nSPS) is 19.1. The van der Waals surface area contributed by atoms with E-state index in [0.717, 1.165) is 30.5 Å². The van der Waals surface area contributed by atoms with Crippen LogP contribution in [0.25, 0.3) is 0 Å². The minimum Gasteiger partial charge on any atom is -0.507 e. The second-order valence-electron chi connectivity index (χ2n) is 9.86. The Morgan fingerprint density at radius 1 is 1.19 bits per heavy atom. The first-order valence-electron chi connectivity index (χ1n) is 10.2. The van der Waals surface area contributed by atoms with Crippen molar-refractivity contribution in [3.8, 4) is 5.75 Å². The fourth-order valence-corrected chi connectivity index (χ4v) is 3.71. The molecule has 1 fully saturated rings. The summed E-state index contributed by atoms with van der Waals surface area (Å²) in [7, 11) is 0. The van der Waals surface area contributed by atoms with Gasteiger partial charge in [0.25, 0.3) is 0 Å². The molecule has 1 saturated heterocycles. The van der Waals surface area contributed by atoms with Gasteiger partial charge in [0.15, 0.2) is 0 Å². The van der Waals surface area contributed by atoms with E-state index in [-0.39, 0.29) is 22.7 Å². The first-order chi connectivity index (χ1) is 12.4. The van der Waals surface area contributed by atoms with Crippen molar-refractivity contribution in [1.29, 1.82) is 0 Å². The molecule has 1 heterocycles. The fraction of sp³-hybridized carbons (Fsp3) is 0.696. The highest BCUT2D eigenvalue weighted by atomic mass is 16.5. The number of phenols is 1. The van der Waals surface area contributed by atoms with Gasteiger partial charge in [0.1, 0.15) is 5.75 Å². The molecule has 0 saturated carbocycles. The Labute approximate surface area is 164 Å². The summed E-state index contributed by atoms with van der Waals surface area (Å²) >= 11 is 0. The van der Waals surface area contributed by atoms with Gasteiger partial charge in [0, 0.05) is 18.7 Å². The Bertz CT molecular complexity index is 667. The predicted octanol–water partition coefficient (Wildman–Crippen LogP) is 4.76. The Hall–Kier alpha value is -1.55. The van der Waals surface area contributed by atoms with Crippen molar-refractivity contribution in [1.82, 2.24) is 4.90 Å². The maximum Gasteiger partial charge on any atom is 0.310 e. The van der Waals surface area contributed by atoms with Crippen LogP contribution in [-0.2, 0) is 26.9 Å². The third kappa shape index (κ3) is 5.47. The smallest absolute Gasteiger partial charge is 0.310 e. The van der Waals surface area contributed by atoms with E-state index in [0.29, 0.717) is 25.4 Å². The summed E-state index contributed by atoms with van der Waals surface area (Å²) in [6, 6.07) is 4.29. The highest BCUT2D eigenvalue weighted by Crippen LogP contribution is 2.38. The summed E-state index contributed by atoms with van der Waals surface area (Å²) in [5, 5.41) is 11.0. The third-order valence-electron chi connectivity index (χ3n) is 5.38. The molecule has 4 heteroatoms. The zero-order chi connectivity index (χ0) is 20.4. The molecule has 1 atom stereocenters. The van der Waals surface area contributed by atoms with Gasteiger partial charge in [-0.2, -0.15) is 0 Å². The SMILES string of the molecule is CCOC(=O)[C@@H]1CCCN(Cc2cc(C(C)(C)C)cc(C(C)(C)C)c2O)C1. The highest BCUT2D eigenvalue weighted by molar-refractivity contribution is 5.72. The number of piperidine rings is 1. The summed E-state index contributed by atoms with van der Waals surface area (Å²) in [5.74, 6) is 0.243. The number of nitrogens with zero attached hydrogens (tertiary/aromatic N) is 1. The lowest BCUT2D eigenvalue weighted by atomic mass is 9.79. The molecule has 0 aliphatic carbocycles. The van der Waals surface area contributed by atoms with Crippen LogP contribution in [0.15, 0.2) is 12.1 Å². The molecule has 2 rings (SSSR count). The molecule has 1 aliphatic heterocycles. The molecule has 27 heavy (non-hydrogen) atoms. The van der Waals surface area contributed by atoms with Gasteiger partial charge < -0.3 is 9.84 Å². The van der Waals surface area contributed by atoms with Crippen molar-refractivity contribution >= 4 is 5.97 Å². The molecule has 1 aromatic carbocycles. The molecule has 1 aromatic rings. The van der Waals surface area contributed by atoms with Crippen LogP contribution in [0.3, 0.4) is 0 Å². The van der Waals surface area contributed by atoms with E-state index in [1.807, 2.05) is 6.92 Å². The molecule has 1 aliphatic rings. The zero-order valence-electron chi connectivity index (χ0n) is 18.2. The molecule has 0 unspecified atom stereocenters. The van der Waals surface area contributed by atoms with Gasteiger partial charge in [0.2, 0.25) is 0 Å². The summed E-state index contributed by atoms with van der Waals surface area (Å²) in [5.41, 5.74) is 3.06. The van der Waals surface area contributed by atoms with E-state index in [1.54, 1.807) is 0 Å². The minimum absolute atomic E-state index is 0.0117. The average Bonchev–Trinajstić information content (AvgIpc) is 2.55. The van der Waals surface area contributed by atoms with Gasteiger partial charge in [0.05, 0.1) is 12.5 Å². The van der Waals surface area contributed by atoms with E-state index in [1.165, 1.54) is 5.56 Å². The van der Waals surface area contributed by atoms with E-state index < -0.39 is 0 Å². The number of phenolic OH excluding ortho intramolecular Hbond substituents is 1. The van der Waals surface area contributed by atoms with Crippen LogP contribution in [0.1, 0.15) is 78.0 Å². The number of rotatable bonds is 4. The van der Waals surface area contributed by atoms with Crippen molar-refractivity contribution in [2.45, 2.75) is 78.7 Å². The first-order valence-corrected chi connectivity index (χ1v) is 10.2. The molecule has 0 spiro atoms. The number of hydrogen-bond acceptors (Lipinski definition) is 4. The lowest BCUT2D eigenvalue weighted by Crippen LogP contribution is -2.39. The Morgan fingerprint density at radius 3 is 2.41 bits per heavy atom. The van der Waals surface area contributed by atoms with E-state index in [4.69, 9.17) is 4.74 Å². The molecule has 0 amide bonds. The first kappa shape index (κ1) is 21.7. The van der Waals surface area contributed by atoms with Gasteiger partial charge in [-0.15, -0.1) is 0 Å². The highest BCUT2D eigenvalue weighted by Gasteiger charge is 2.29.